The minimum absolute atomic E-state index is 0.197. The van der Waals surface area contributed by atoms with Gasteiger partial charge in [-0.2, -0.15) is 0 Å². The molecule has 1 N–H and O–H groups in total. The lowest BCUT2D eigenvalue weighted by atomic mass is 9.87. The third kappa shape index (κ3) is 4.30. The van der Waals surface area contributed by atoms with E-state index in [-0.39, 0.29) is 5.41 Å². The molecular formula is C9H17N. The summed E-state index contributed by atoms with van der Waals surface area (Å²) in [6, 6.07) is 0. The van der Waals surface area contributed by atoms with E-state index in [9.17, 15) is 0 Å². The highest BCUT2D eigenvalue weighted by Gasteiger charge is 2.11. The summed E-state index contributed by atoms with van der Waals surface area (Å²) in [5.41, 5.74) is 0.956. The lowest BCUT2D eigenvalue weighted by Gasteiger charge is -2.18. The monoisotopic (exact) mass is 139 g/mol. The molecule has 0 saturated heterocycles. The maximum Gasteiger partial charge on any atom is 0.00585 e. The van der Waals surface area contributed by atoms with Crippen molar-refractivity contribution in [3.63, 3.8) is 0 Å². The average Bonchev–Trinajstić information content (AvgIpc) is 1.85. The Morgan fingerprint density at radius 1 is 1.60 bits per heavy atom. The molecule has 0 atom stereocenters. The zero-order chi connectivity index (χ0) is 8.20. The Labute approximate surface area is 63.7 Å². The summed E-state index contributed by atoms with van der Waals surface area (Å²) in [5.74, 6) is 0. The van der Waals surface area contributed by atoms with Crippen molar-refractivity contribution in [2.24, 2.45) is 5.41 Å². The van der Waals surface area contributed by atoms with Crippen molar-refractivity contribution < 1.29 is 0 Å². The van der Waals surface area contributed by atoms with Crippen molar-refractivity contribution in [2.75, 3.05) is 0 Å². The molecule has 0 spiro atoms. The zero-order valence-corrected chi connectivity index (χ0v) is 7.20. The van der Waals surface area contributed by atoms with Gasteiger partial charge in [0.2, 0.25) is 0 Å². The Hall–Kier alpha value is -0.590. The van der Waals surface area contributed by atoms with Crippen LogP contribution in [0.1, 0.15) is 33.6 Å². The van der Waals surface area contributed by atoms with Crippen LogP contribution in [0.25, 0.3) is 0 Å². The molecule has 0 amide bonds. The van der Waals surface area contributed by atoms with E-state index < -0.39 is 0 Å². The number of hydrogen-bond donors (Lipinski definition) is 1. The third-order valence-corrected chi connectivity index (χ3v) is 1.70. The van der Waals surface area contributed by atoms with Gasteiger partial charge in [0.05, 0.1) is 0 Å². The summed E-state index contributed by atoms with van der Waals surface area (Å²) in [6.45, 7) is 9.87. The van der Waals surface area contributed by atoms with Gasteiger partial charge in [-0.05, 0) is 25.2 Å². The van der Waals surface area contributed by atoms with Crippen LogP contribution in [0.15, 0.2) is 12.7 Å². The van der Waals surface area contributed by atoms with Crippen LogP contribution in [0.5, 0.6) is 0 Å². The Bertz CT molecular complexity index is 134. The molecule has 0 aromatic carbocycles. The molecule has 0 unspecified atom stereocenters. The van der Waals surface area contributed by atoms with E-state index in [0.29, 0.717) is 0 Å². The van der Waals surface area contributed by atoms with Crippen LogP contribution in [0.4, 0.5) is 0 Å². The van der Waals surface area contributed by atoms with Crippen molar-refractivity contribution >= 4 is 5.71 Å². The van der Waals surface area contributed by atoms with Gasteiger partial charge in [0.1, 0.15) is 0 Å². The molecule has 0 rings (SSSR count). The Balaban J connectivity index is 3.67. The second-order valence-electron chi connectivity index (χ2n) is 3.47. The Kier molecular flexibility index (Phi) is 3.34. The normalized spacial score (nSPS) is 11.1. The SMILES string of the molecule is C=CC(C)(C)CCC(C)=N. The second-order valence-corrected chi connectivity index (χ2v) is 3.47. The highest BCUT2D eigenvalue weighted by molar-refractivity contribution is 5.78. The summed E-state index contributed by atoms with van der Waals surface area (Å²) in [6.07, 6.45) is 3.88. The molecule has 0 aliphatic carbocycles. The quantitative estimate of drug-likeness (QED) is 0.457. The predicted octanol–water partition coefficient (Wildman–Crippen LogP) is 3.02. The van der Waals surface area contributed by atoms with Crippen LogP contribution in [-0.2, 0) is 0 Å². The van der Waals surface area contributed by atoms with Gasteiger partial charge in [0.15, 0.2) is 0 Å². The van der Waals surface area contributed by atoms with Gasteiger partial charge in [0, 0.05) is 5.71 Å². The molecule has 1 nitrogen and oxygen atoms in total. The van der Waals surface area contributed by atoms with E-state index in [1.165, 1.54) is 0 Å². The molecule has 0 saturated carbocycles. The first-order chi connectivity index (χ1) is 4.48. The van der Waals surface area contributed by atoms with Crippen molar-refractivity contribution in [3.8, 4) is 0 Å². The maximum atomic E-state index is 7.22. The first kappa shape index (κ1) is 9.41. The van der Waals surface area contributed by atoms with Gasteiger partial charge in [-0.1, -0.05) is 19.9 Å². The number of allylic oxidation sites excluding steroid dienone is 1. The van der Waals surface area contributed by atoms with Crippen molar-refractivity contribution in [1.29, 1.82) is 5.41 Å². The van der Waals surface area contributed by atoms with Crippen molar-refractivity contribution in [3.05, 3.63) is 12.7 Å². The number of rotatable bonds is 4. The van der Waals surface area contributed by atoms with E-state index in [0.717, 1.165) is 18.6 Å². The van der Waals surface area contributed by atoms with Crippen LogP contribution in [0.3, 0.4) is 0 Å². The minimum Gasteiger partial charge on any atom is -0.310 e. The fraction of sp³-hybridized carbons (Fsp3) is 0.667. The van der Waals surface area contributed by atoms with Crippen LogP contribution >= 0.6 is 0 Å². The summed E-state index contributed by atoms with van der Waals surface area (Å²) in [7, 11) is 0. The van der Waals surface area contributed by atoms with Gasteiger partial charge in [-0.25, -0.2) is 0 Å². The van der Waals surface area contributed by atoms with Crippen molar-refractivity contribution in [1.82, 2.24) is 0 Å². The molecular weight excluding hydrogens is 122 g/mol. The average molecular weight is 139 g/mol. The molecule has 0 radical (unpaired) electrons. The molecule has 0 aromatic heterocycles. The molecule has 10 heavy (non-hydrogen) atoms. The van der Waals surface area contributed by atoms with Crippen molar-refractivity contribution in [2.45, 2.75) is 33.6 Å². The molecule has 0 aliphatic rings. The second kappa shape index (κ2) is 3.55. The van der Waals surface area contributed by atoms with E-state index in [1.54, 1.807) is 0 Å². The van der Waals surface area contributed by atoms with Crippen LogP contribution in [-0.4, -0.2) is 5.71 Å². The summed E-state index contributed by atoms with van der Waals surface area (Å²) in [4.78, 5) is 0. The lowest BCUT2D eigenvalue weighted by Crippen LogP contribution is -2.08. The smallest absolute Gasteiger partial charge is 0.00585 e. The standard InChI is InChI=1S/C9H17N/c1-5-9(3,4)7-6-8(2)10/h5,10H,1,6-7H2,2-4H3. The number of hydrogen-bond acceptors (Lipinski definition) is 1. The Morgan fingerprint density at radius 2 is 2.10 bits per heavy atom. The predicted molar refractivity (Wildman–Crippen MR) is 46.6 cm³/mol. The first-order valence-electron chi connectivity index (χ1n) is 3.65. The lowest BCUT2D eigenvalue weighted by molar-refractivity contribution is 0.448. The van der Waals surface area contributed by atoms with Crippen LogP contribution in [0, 0.1) is 10.8 Å². The maximum absolute atomic E-state index is 7.22. The fourth-order valence-corrected chi connectivity index (χ4v) is 0.612. The molecule has 58 valence electrons. The fourth-order valence-electron chi connectivity index (χ4n) is 0.612. The highest BCUT2D eigenvalue weighted by Crippen LogP contribution is 2.22. The summed E-state index contributed by atoms with van der Waals surface area (Å²) < 4.78 is 0. The molecule has 0 aliphatic heterocycles. The molecule has 0 aromatic rings. The first-order valence-corrected chi connectivity index (χ1v) is 3.65. The molecule has 1 heteroatoms. The summed E-state index contributed by atoms with van der Waals surface area (Å²) >= 11 is 0. The summed E-state index contributed by atoms with van der Waals surface area (Å²) in [5, 5.41) is 7.22. The van der Waals surface area contributed by atoms with Gasteiger partial charge in [-0.3, -0.25) is 0 Å². The van der Waals surface area contributed by atoms with Crippen LogP contribution in [0.2, 0.25) is 0 Å². The number of nitrogens with one attached hydrogen (secondary N) is 1. The van der Waals surface area contributed by atoms with Gasteiger partial charge in [-0.15, -0.1) is 6.58 Å². The molecule has 0 bridgehead atoms. The zero-order valence-electron chi connectivity index (χ0n) is 7.20. The Morgan fingerprint density at radius 3 is 2.40 bits per heavy atom. The third-order valence-electron chi connectivity index (χ3n) is 1.70. The minimum atomic E-state index is 0.197. The molecule has 0 heterocycles. The van der Waals surface area contributed by atoms with E-state index in [4.69, 9.17) is 5.41 Å². The van der Waals surface area contributed by atoms with Gasteiger partial charge < -0.3 is 5.41 Å². The van der Waals surface area contributed by atoms with E-state index in [2.05, 4.69) is 20.4 Å². The van der Waals surface area contributed by atoms with E-state index >= 15 is 0 Å². The van der Waals surface area contributed by atoms with E-state index in [1.807, 2.05) is 13.0 Å². The largest absolute Gasteiger partial charge is 0.310 e. The van der Waals surface area contributed by atoms with Gasteiger partial charge >= 0.3 is 0 Å². The van der Waals surface area contributed by atoms with Gasteiger partial charge in [0.25, 0.3) is 0 Å². The van der Waals surface area contributed by atoms with Crippen LogP contribution < -0.4 is 0 Å². The molecule has 0 fully saturated rings. The highest BCUT2D eigenvalue weighted by atomic mass is 14.4. The topological polar surface area (TPSA) is 23.9 Å².